The average Bonchev–Trinajstić information content (AvgIpc) is 2.89. The van der Waals surface area contributed by atoms with Gasteiger partial charge in [0.05, 0.1) is 0 Å². The smallest absolute Gasteiger partial charge is 0.253 e. The molecule has 0 saturated heterocycles. The number of nitrogens with one attached hydrogen (secondary N) is 1. The zero-order valence-electron chi connectivity index (χ0n) is 20.1. The summed E-state index contributed by atoms with van der Waals surface area (Å²) in [4.78, 5) is 25.5. The van der Waals surface area contributed by atoms with Crippen molar-refractivity contribution >= 4 is 11.8 Å². The van der Waals surface area contributed by atoms with Crippen LogP contribution in [0.2, 0.25) is 0 Å². The van der Waals surface area contributed by atoms with E-state index in [4.69, 9.17) is 5.21 Å². The highest BCUT2D eigenvalue weighted by Crippen LogP contribution is 2.37. The fourth-order valence-corrected chi connectivity index (χ4v) is 4.15. The van der Waals surface area contributed by atoms with Crippen molar-refractivity contribution in [2.45, 2.75) is 37.7 Å². The summed E-state index contributed by atoms with van der Waals surface area (Å²) in [6.45, 7) is 0.531. The third-order valence-corrected chi connectivity index (χ3v) is 6.15. The average molecular weight is 497 g/mol. The van der Waals surface area contributed by atoms with E-state index >= 15 is 0 Å². The molecule has 3 aromatic carbocycles. The van der Waals surface area contributed by atoms with Gasteiger partial charge in [0.1, 0.15) is 17.2 Å². The lowest BCUT2D eigenvalue weighted by Crippen LogP contribution is -2.30. The first-order chi connectivity index (χ1) is 17.3. The monoisotopic (exact) mass is 496 g/mol. The van der Waals surface area contributed by atoms with Crippen molar-refractivity contribution in [3.63, 3.8) is 0 Å². The Bertz CT molecular complexity index is 1140. The summed E-state index contributed by atoms with van der Waals surface area (Å²) in [6.07, 6.45) is 3.33. The van der Waals surface area contributed by atoms with Gasteiger partial charge in [0, 0.05) is 25.6 Å². The van der Waals surface area contributed by atoms with E-state index in [-0.39, 0.29) is 23.5 Å². The Labute approximate surface area is 209 Å². The van der Waals surface area contributed by atoms with E-state index in [0.717, 1.165) is 19.3 Å². The second-order valence-electron chi connectivity index (χ2n) is 8.73. The number of unbranched alkanes of at least 4 members (excludes halogenated alkanes) is 3. The van der Waals surface area contributed by atoms with Crippen molar-refractivity contribution < 1.29 is 28.7 Å². The summed E-state index contributed by atoms with van der Waals surface area (Å²) >= 11 is 0. The zero-order valence-corrected chi connectivity index (χ0v) is 20.1. The Kier molecular flexibility index (Phi) is 9.27. The van der Waals surface area contributed by atoms with Crippen molar-refractivity contribution in [2.24, 2.45) is 0 Å². The first kappa shape index (κ1) is 27.0. The first-order valence-corrected chi connectivity index (χ1v) is 11.8. The molecule has 0 aliphatic rings. The number of carbonyl (C=O) groups excluding carboxylic acids is 2. The van der Waals surface area contributed by atoms with E-state index in [1.165, 1.54) is 36.4 Å². The summed E-state index contributed by atoms with van der Waals surface area (Å²) in [5.74, 6) is -1.67. The molecule has 6 nitrogen and oxygen atoms in total. The normalized spacial score (nSPS) is 11.2. The number of nitrogens with zero attached hydrogens (tertiary/aromatic N) is 1. The van der Waals surface area contributed by atoms with Crippen LogP contribution in [0.25, 0.3) is 0 Å². The van der Waals surface area contributed by atoms with Crippen molar-refractivity contribution in [3.05, 3.63) is 107 Å². The number of rotatable bonds is 11. The highest BCUT2D eigenvalue weighted by atomic mass is 19.1. The van der Waals surface area contributed by atoms with Crippen LogP contribution in [0.5, 0.6) is 0 Å². The maximum atomic E-state index is 14.0. The van der Waals surface area contributed by atoms with Gasteiger partial charge in [0.2, 0.25) is 5.91 Å². The fourth-order valence-electron chi connectivity index (χ4n) is 4.15. The standard InChI is InChI=1S/C28H30F2N2O4/c1-32(17-5-3-2-4-12-26(33)31-36)27(34)20-13-15-21(16-14-20)28(35,22-8-6-10-24(29)18-22)23-9-7-11-25(30)19-23/h6-11,13-16,18-19,35-36H,2-5,12,17H2,1H3,(H,31,33). The number of carbonyl (C=O) groups is 2. The maximum absolute atomic E-state index is 14.0. The van der Waals surface area contributed by atoms with E-state index in [0.29, 0.717) is 24.1 Å². The second-order valence-corrected chi connectivity index (χ2v) is 8.73. The van der Waals surface area contributed by atoms with E-state index in [1.54, 1.807) is 53.8 Å². The third kappa shape index (κ3) is 6.53. The van der Waals surface area contributed by atoms with Gasteiger partial charge >= 0.3 is 0 Å². The molecule has 0 heterocycles. The van der Waals surface area contributed by atoms with Gasteiger partial charge in [-0.25, -0.2) is 14.3 Å². The molecular weight excluding hydrogens is 466 g/mol. The molecule has 0 unspecified atom stereocenters. The zero-order chi connectivity index (χ0) is 26.1. The molecule has 8 heteroatoms. The molecule has 0 atom stereocenters. The van der Waals surface area contributed by atoms with Crippen LogP contribution in [-0.4, -0.2) is 40.6 Å². The van der Waals surface area contributed by atoms with Gasteiger partial charge in [-0.05, 0) is 65.9 Å². The van der Waals surface area contributed by atoms with Crippen LogP contribution in [0.15, 0.2) is 72.8 Å². The lowest BCUT2D eigenvalue weighted by atomic mass is 9.80. The summed E-state index contributed by atoms with van der Waals surface area (Å²) in [6, 6.07) is 17.4. The van der Waals surface area contributed by atoms with Crippen LogP contribution in [0, 0.1) is 11.6 Å². The fraction of sp³-hybridized carbons (Fsp3) is 0.286. The van der Waals surface area contributed by atoms with Gasteiger partial charge < -0.3 is 10.0 Å². The Morgan fingerprint density at radius 2 is 1.39 bits per heavy atom. The van der Waals surface area contributed by atoms with E-state index in [1.807, 2.05) is 0 Å². The molecule has 190 valence electrons. The number of hydrogen-bond donors (Lipinski definition) is 3. The summed E-state index contributed by atoms with van der Waals surface area (Å²) < 4.78 is 28.1. The molecule has 0 saturated carbocycles. The minimum atomic E-state index is -1.83. The summed E-state index contributed by atoms with van der Waals surface area (Å²) in [5.41, 5.74) is 1.03. The molecule has 3 rings (SSSR count). The van der Waals surface area contributed by atoms with E-state index in [9.17, 15) is 23.5 Å². The summed E-state index contributed by atoms with van der Waals surface area (Å²) in [5, 5.41) is 20.3. The molecular formula is C28H30F2N2O4. The molecule has 0 aliphatic heterocycles. The van der Waals surface area contributed by atoms with Gasteiger partial charge in [0.15, 0.2) is 0 Å². The quantitative estimate of drug-likeness (QED) is 0.154. The van der Waals surface area contributed by atoms with E-state index in [2.05, 4.69) is 0 Å². The van der Waals surface area contributed by atoms with Crippen LogP contribution in [0.1, 0.15) is 59.2 Å². The van der Waals surface area contributed by atoms with Gasteiger partial charge in [-0.15, -0.1) is 0 Å². The van der Waals surface area contributed by atoms with Crippen LogP contribution in [0.3, 0.4) is 0 Å². The highest BCUT2D eigenvalue weighted by Gasteiger charge is 2.34. The molecule has 36 heavy (non-hydrogen) atoms. The van der Waals surface area contributed by atoms with Crippen molar-refractivity contribution in [2.75, 3.05) is 13.6 Å². The van der Waals surface area contributed by atoms with Crippen molar-refractivity contribution in [3.8, 4) is 0 Å². The predicted molar refractivity (Wildman–Crippen MR) is 131 cm³/mol. The van der Waals surface area contributed by atoms with Crippen LogP contribution in [0.4, 0.5) is 8.78 Å². The number of halogens is 2. The topological polar surface area (TPSA) is 89.9 Å². The molecule has 3 aromatic rings. The molecule has 0 fully saturated rings. The molecule has 0 radical (unpaired) electrons. The van der Waals surface area contributed by atoms with Crippen LogP contribution in [-0.2, 0) is 10.4 Å². The van der Waals surface area contributed by atoms with Crippen molar-refractivity contribution in [1.29, 1.82) is 0 Å². The lowest BCUT2D eigenvalue weighted by Gasteiger charge is -2.30. The molecule has 0 bridgehead atoms. The maximum Gasteiger partial charge on any atom is 0.253 e. The number of aliphatic hydroxyl groups is 1. The first-order valence-electron chi connectivity index (χ1n) is 11.8. The Morgan fingerprint density at radius 3 is 1.92 bits per heavy atom. The van der Waals surface area contributed by atoms with Crippen LogP contribution < -0.4 is 5.48 Å². The molecule has 0 aliphatic carbocycles. The molecule has 3 N–H and O–H groups in total. The molecule has 0 aromatic heterocycles. The second kappa shape index (κ2) is 12.4. The largest absolute Gasteiger partial charge is 0.376 e. The minimum absolute atomic E-state index is 0.193. The van der Waals surface area contributed by atoms with E-state index < -0.39 is 23.1 Å². The molecule has 0 spiro atoms. The van der Waals surface area contributed by atoms with Gasteiger partial charge in [-0.3, -0.25) is 14.8 Å². The number of benzene rings is 3. The van der Waals surface area contributed by atoms with Gasteiger partial charge in [0.25, 0.3) is 5.91 Å². The molecule has 2 amide bonds. The Hall–Kier alpha value is -3.62. The van der Waals surface area contributed by atoms with Crippen LogP contribution >= 0.6 is 0 Å². The SMILES string of the molecule is CN(CCCCCCC(=O)NO)C(=O)c1ccc(C(O)(c2cccc(F)c2)c2cccc(F)c2)cc1. The number of hydrogen-bond acceptors (Lipinski definition) is 4. The highest BCUT2D eigenvalue weighted by molar-refractivity contribution is 5.94. The minimum Gasteiger partial charge on any atom is -0.376 e. The third-order valence-electron chi connectivity index (χ3n) is 6.15. The number of hydroxylamine groups is 1. The number of amides is 2. The van der Waals surface area contributed by atoms with Gasteiger partial charge in [-0.2, -0.15) is 0 Å². The Balaban J connectivity index is 1.73. The van der Waals surface area contributed by atoms with Crippen molar-refractivity contribution in [1.82, 2.24) is 10.4 Å². The predicted octanol–water partition coefficient (Wildman–Crippen LogP) is 4.78. The summed E-state index contributed by atoms with van der Waals surface area (Å²) in [7, 11) is 1.70. The Morgan fingerprint density at radius 1 is 0.833 bits per heavy atom. The van der Waals surface area contributed by atoms with Gasteiger partial charge in [-0.1, -0.05) is 49.2 Å². The lowest BCUT2D eigenvalue weighted by molar-refractivity contribution is -0.129.